The van der Waals surface area contributed by atoms with Gasteiger partial charge in [-0.25, -0.2) is 4.98 Å². The summed E-state index contributed by atoms with van der Waals surface area (Å²) in [6.45, 7) is 9.57. The van der Waals surface area contributed by atoms with Crippen LogP contribution in [0.2, 0.25) is 0 Å². The van der Waals surface area contributed by atoms with Crippen molar-refractivity contribution in [1.29, 1.82) is 0 Å². The van der Waals surface area contributed by atoms with Crippen molar-refractivity contribution in [2.24, 2.45) is 5.73 Å². The first-order chi connectivity index (χ1) is 7.01. The molecule has 0 radical (unpaired) electrons. The number of aromatic nitrogens is 1. The molecule has 0 saturated carbocycles. The van der Waals surface area contributed by atoms with E-state index in [1.165, 1.54) is 22.0 Å². The standard InChI is InChI=1S/C12H22N2S/c1-5-6-10-14-9(2)11(15-10)12(3,4)7-8-13/h5-8,13H2,1-4H3. The Morgan fingerprint density at radius 2 is 2.07 bits per heavy atom. The Labute approximate surface area is 96.9 Å². The fraction of sp³-hybridized carbons (Fsp3) is 0.750. The summed E-state index contributed by atoms with van der Waals surface area (Å²) in [4.78, 5) is 6.04. The van der Waals surface area contributed by atoms with Crippen LogP contribution in [0.25, 0.3) is 0 Å². The van der Waals surface area contributed by atoms with E-state index < -0.39 is 0 Å². The van der Waals surface area contributed by atoms with Crippen molar-refractivity contribution in [3.05, 3.63) is 15.6 Å². The summed E-state index contributed by atoms with van der Waals surface area (Å²) in [5, 5.41) is 1.27. The molecule has 0 spiro atoms. The summed E-state index contributed by atoms with van der Waals surface area (Å²) in [6.07, 6.45) is 3.30. The van der Waals surface area contributed by atoms with Gasteiger partial charge in [0.05, 0.1) is 10.7 Å². The zero-order chi connectivity index (χ0) is 11.5. The molecule has 2 nitrogen and oxygen atoms in total. The van der Waals surface area contributed by atoms with Gasteiger partial charge in [-0.05, 0) is 32.7 Å². The second kappa shape index (κ2) is 5.08. The number of hydrogen-bond donors (Lipinski definition) is 1. The molecule has 1 aromatic heterocycles. The maximum absolute atomic E-state index is 5.65. The van der Waals surface area contributed by atoms with Gasteiger partial charge in [-0.1, -0.05) is 20.8 Å². The molecule has 0 aliphatic carbocycles. The number of nitrogens with zero attached hydrogens (tertiary/aromatic N) is 1. The van der Waals surface area contributed by atoms with Crippen LogP contribution in [0, 0.1) is 6.92 Å². The maximum Gasteiger partial charge on any atom is 0.0931 e. The third-order valence-corrected chi connectivity index (χ3v) is 4.27. The van der Waals surface area contributed by atoms with Gasteiger partial charge >= 0.3 is 0 Å². The SMILES string of the molecule is CCCc1nc(C)c(C(C)(C)CCN)s1. The van der Waals surface area contributed by atoms with E-state index in [0.29, 0.717) is 0 Å². The molecule has 1 rings (SSSR count). The summed E-state index contributed by atoms with van der Waals surface area (Å²) in [7, 11) is 0. The lowest BCUT2D eigenvalue weighted by atomic mass is 9.87. The zero-order valence-corrected chi connectivity index (χ0v) is 11.1. The second-order valence-corrected chi connectivity index (χ2v) is 5.78. The molecule has 0 atom stereocenters. The van der Waals surface area contributed by atoms with Crippen molar-refractivity contribution >= 4 is 11.3 Å². The highest BCUT2D eigenvalue weighted by Crippen LogP contribution is 2.34. The van der Waals surface area contributed by atoms with E-state index in [9.17, 15) is 0 Å². The highest BCUT2D eigenvalue weighted by Gasteiger charge is 2.24. The van der Waals surface area contributed by atoms with Crippen LogP contribution < -0.4 is 5.73 Å². The predicted octanol–water partition coefficient (Wildman–Crippen LogP) is 3.03. The third kappa shape index (κ3) is 3.02. The van der Waals surface area contributed by atoms with E-state index in [1.54, 1.807) is 0 Å². The number of thiazole rings is 1. The third-order valence-electron chi connectivity index (χ3n) is 2.69. The number of hydrogen-bond acceptors (Lipinski definition) is 3. The molecule has 3 heteroatoms. The first kappa shape index (κ1) is 12.7. The van der Waals surface area contributed by atoms with Crippen LogP contribution in [0.4, 0.5) is 0 Å². The fourth-order valence-corrected chi connectivity index (χ4v) is 3.17. The molecule has 0 aliphatic rings. The lowest BCUT2D eigenvalue weighted by molar-refractivity contribution is 0.494. The summed E-state index contributed by atoms with van der Waals surface area (Å²) in [5.74, 6) is 0. The molecule has 15 heavy (non-hydrogen) atoms. The van der Waals surface area contributed by atoms with Crippen LogP contribution in [0.15, 0.2) is 0 Å². The summed E-state index contributed by atoms with van der Waals surface area (Å²) < 4.78 is 0. The molecule has 86 valence electrons. The van der Waals surface area contributed by atoms with E-state index in [4.69, 9.17) is 5.73 Å². The second-order valence-electron chi connectivity index (χ2n) is 4.69. The Hall–Kier alpha value is -0.410. The Balaban J connectivity index is 2.93. The van der Waals surface area contributed by atoms with Crippen molar-refractivity contribution in [2.75, 3.05) is 6.54 Å². The molecule has 1 aromatic rings. The fourth-order valence-electron chi connectivity index (χ4n) is 1.88. The molecule has 1 heterocycles. The van der Waals surface area contributed by atoms with Crippen LogP contribution >= 0.6 is 11.3 Å². The average Bonchev–Trinajstić information content (AvgIpc) is 2.48. The topological polar surface area (TPSA) is 38.9 Å². The van der Waals surface area contributed by atoms with Crippen LogP contribution in [-0.2, 0) is 11.8 Å². The molecular formula is C12H22N2S. The van der Waals surface area contributed by atoms with Gasteiger partial charge in [0, 0.05) is 10.3 Å². The molecule has 0 unspecified atom stereocenters. The van der Waals surface area contributed by atoms with Crippen LogP contribution in [0.3, 0.4) is 0 Å². The number of nitrogens with two attached hydrogens (primary N) is 1. The number of rotatable bonds is 5. The molecule has 0 aliphatic heterocycles. The van der Waals surface area contributed by atoms with E-state index in [-0.39, 0.29) is 5.41 Å². The minimum atomic E-state index is 0.183. The predicted molar refractivity (Wildman–Crippen MR) is 67.5 cm³/mol. The lowest BCUT2D eigenvalue weighted by Crippen LogP contribution is -2.21. The Bertz CT molecular complexity index is 315. The molecule has 2 N–H and O–H groups in total. The van der Waals surface area contributed by atoms with Gasteiger partial charge in [0.15, 0.2) is 0 Å². The molecule has 0 bridgehead atoms. The first-order valence-corrected chi connectivity index (χ1v) is 6.49. The van der Waals surface area contributed by atoms with Gasteiger partial charge in [0.25, 0.3) is 0 Å². The van der Waals surface area contributed by atoms with Crippen molar-refractivity contribution in [3.8, 4) is 0 Å². The maximum atomic E-state index is 5.65. The smallest absolute Gasteiger partial charge is 0.0931 e. The van der Waals surface area contributed by atoms with Crippen LogP contribution in [-0.4, -0.2) is 11.5 Å². The molecule has 0 saturated heterocycles. The van der Waals surface area contributed by atoms with Crippen molar-refractivity contribution < 1.29 is 0 Å². The van der Waals surface area contributed by atoms with E-state index >= 15 is 0 Å². The first-order valence-electron chi connectivity index (χ1n) is 5.68. The van der Waals surface area contributed by atoms with E-state index in [2.05, 4.69) is 32.7 Å². The molecule has 0 amide bonds. The Morgan fingerprint density at radius 3 is 2.60 bits per heavy atom. The summed E-state index contributed by atoms with van der Waals surface area (Å²) in [5.41, 5.74) is 7.03. The number of aryl methyl sites for hydroxylation is 2. The molecular weight excluding hydrogens is 204 g/mol. The highest BCUT2D eigenvalue weighted by molar-refractivity contribution is 7.11. The zero-order valence-electron chi connectivity index (χ0n) is 10.3. The van der Waals surface area contributed by atoms with Crippen molar-refractivity contribution in [3.63, 3.8) is 0 Å². The van der Waals surface area contributed by atoms with E-state index in [1.807, 2.05) is 11.3 Å². The Morgan fingerprint density at radius 1 is 1.40 bits per heavy atom. The highest BCUT2D eigenvalue weighted by atomic mass is 32.1. The van der Waals surface area contributed by atoms with E-state index in [0.717, 1.165) is 19.4 Å². The Kier molecular flexibility index (Phi) is 4.29. The largest absolute Gasteiger partial charge is 0.330 e. The quantitative estimate of drug-likeness (QED) is 0.838. The summed E-state index contributed by atoms with van der Waals surface area (Å²) in [6, 6.07) is 0. The van der Waals surface area contributed by atoms with Gasteiger partial charge in [-0.2, -0.15) is 0 Å². The van der Waals surface area contributed by atoms with Crippen molar-refractivity contribution in [1.82, 2.24) is 4.98 Å². The van der Waals surface area contributed by atoms with Crippen molar-refractivity contribution in [2.45, 2.75) is 52.4 Å². The average molecular weight is 226 g/mol. The van der Waals surface area contributed by atoms with Crippen LogP contribution in [0.5, 0.6) is 0 Å². The van der Waals surface area contributed by atoms with Gasteiger partial charge in [0.2, 0.25) is 0 Å². The summed E-state index contributed by atoms with van der Waals surface area (Å²) >= 11 is 1.86. The van der Waals surface area contributed by atoms with Gasteiger partial charge in [-0.3, -0.25) is 0 Å². The normalized spacial score (nSPS) is 12.1. The van der Waals surface area contributed by atoms with Gasteiger partial charge in [-0.15, -0.1) is 11.3 Å². The van der Waals surface area contributed by atoms with Crippen LogP contribution in [0.1, 0.15) is 49.2 Å². The molecule has 0 aromatic carbocycles. The monoisotopic (exact) mass is 226 g/mol. The lowest BCUT2D eigenvalue weighted by Gasteiger charge is -2.22. The minimum absolute atomic E-state index is 0.183. The molecule has 0 fully saturated rings. The minimum Gasteiger partial charge on any atom is -0.330 e. The van der Waals surface area contributed by atoms with Gasteiger partial charge in [0.1, 0.15) is 0 Å². The van der Waals surface area contributed by atoms with Gasteiger partial charge < -0.3 is 5.73 Å².